The fraction of sp³-hybridized carbons (Fsp3) is 0.231. The molecule has 152 valence electrons. The Balaban J connectivity index is 1.65. The zero-order valence-corrected chi connectivity index (χ0v) is 17.6. The molecule has 0 saturated carbocycles. The van der Waals surface area contributed by atoms with Crippen molar-refractivity contribution in [2.75, 3.05) is 5.32 Å². The van der Waals surface area contributed by atoms with Crippen LogP contribution in [0.2, 0.25) is 0 Å². The van der Waals surface area contributed by atoms with Crippen LogP contribution in [0.3, 0.4) is 0 Å². The van der Waals surface area contributed by atoms with Crippen LogP contribution in [0.15, 0.2) is 72.8 Å². The second-order valence-corrected chi connectivity index (χ2v) is 7.36. The first-order valence-corrected chi connectivity index (χ1v) is 10.2. The Morgan fingerprint density at radius 3 is 2.17 bits per heavy atom. The van der Waals surface area contributed by atoms with E-state index in [2.05, 4.69) is 31.3 Å². The number of nitriles is 1. The summed E-state index contributed by atoms with van der Waals surface area (Å²) in [6, 6.07) is 25.0. The Morgan fingerprint density at radius 2 is 1.57 bits per heavy atom. The number of benzene rings is 3. The van der Waals surface area contributed by atoms with Gasteiger partial charge in [0, 0.05) is 5.69 Å². The molecule has 4 nitrogen and oxygen atoms in total. The van der Waals surface area contributed by atoms with Gasteiger partial charge >= 0.3 is 0 Å². The summed E-state index contributed by atoms with van der Waals surface area (Å²) in [5.41, 5.74) is 4.64. The maximum absolute atomic E-state index is 12.7. The summed E-state index contributed by atoms with van der Waals surface area (Å²) in [7, 11) is 0. The molecule has 0 aliphatic carbocycles. The molecule has 3 aromatic carbocycles. The Kier molecular flexibility index (Phi) is 6.87. The van der Waals surface area contributed by atoms with Gasteiger partial charge in [-0.1, -0.05) is 56.3 Å². The SMILES string of the molecule is CC[C@H](C)c1ccccc1NC(=O)[C@@H](C)Oc1ccc(-c2ccc(C#N)cc2)cc1. The van der Waals surface area contributed by atoms with E-state index in [9.17, 15) is 4.79 Å². The zero-order chi connectivity index (χ0) is 21.5. The lowest BCUT2D eigenvalue weighted by Gasteiger charge is -2.19. The highest BCUT2D eigenvalue weighted by molar-refractivity contribution is 5.94. The number of ether oxygens (including phenoxy) is 1. The molecule has 0 unspecified atom stereocenters. The van der Waals surface area contributed by atoms with Crippen LogP contribution < -0.4 is 10.1 Å². The number of para-hydroxylation sites is 1. The van der Waals surface area contributed by atoms with Crippen molar-refractivity contribution in [2.24, 2.45) is 0 Å². The Labute approximate surface area is 178 Å². The summed E-state index contributed by atoms with van der Waals surface area (Å²) in [5, 5.41) is 11.9. The monoisotopic (exact) mass is 398 g/mol. The van der Waals surface area contributed by atoms with E-state index in [1.807, 2.05) is 54.6 Å². The van der Waals surface area contributed by atoms with Crippen molar-refractivity contribution in [2.45, 2.75) is 39.2 Å². The molecular weight excluding hydrogens is 372 g/mol. The third kappa shape index (κ3) is 5.07. The predicted octanol–water partition coefficient (Wildman–Crippen LogP) is 6.14. The number of hydrogen-bond acceptors (Lipinski definition) is 3. The highest BCUT2D eigenvalue weighted by Crippen LogP contribution is 2.27. The van der Waals surface area contributed by atoms with E-state index in [4.69, 9.17) is 10.00 Å². The second-order valence-electron chi connectivity index (χ2n) is 7.36. The van der Waals surface area contributed by atoms with Crippen molar-refractivity contribution in [3.8, 4) is 22.9 Å². The highest BCUT2D eigenvalue weighted by atomic mass is 16.5. The topological polar surface area (TPSA) is 62.1 Å². The number of amides is 1. The molecule has 0 aliphatic heterocycles. The van der Waals surface area contributed by atoms with Crippen LogP contribution in [0.1, 0.15) is 44.2 Å². The number of nitrogens with zero attached hydrogens (tertiary/aromatic N) is 1. The van der Waals surface area contributed by atoms with Crippen LogP contribution in [0, 0.1) is 11.3 Å². The minimum absolute atomic E-state index is 0.179. The number of anilines is 1. The molecule has 1 N–H and O–H groups in total. The van der Waals surface area contributed by atoms with Crippen LogP contribution in [-0.2, 0) is 4.79 Å². The summed E-state index contributed by atoms with van der Waals surface area (Å²) >= 11 is 0. The fourth-order valence-electron chi connectivity index (χ4n) is 3.22. The molecule has 2 atom stereocenters. The van der Waals surface area contributed by atoms with Crippen molar-refractivity contribution in [3.63, 3.8) is 0 Å². The van der Waals surface area contributed by atoms with Crippen LogP contribution >= 0.6 is 0 Å². The van der Waals surface area contributed by atoms with Crippen molar-refractivity contribution in [1.29, 1.82) is 5.26 Å². The van der Waals surface area contributed by atoms with Gasteiger partial charge in [0.2, 0.25) is 0 Å². The lowest BCUT2D eigenvalue weighted by molar-refractivity contribution is -0.122. The third-order valence-corrected chi connectivity index (χ3v) is 5.25. The van der Waals surface area contributed by atoms with E-state index >= 15 is 0 Å². The number of carbonyl (C=O) groups excluding carboxylic acids is 1. The summed E-state index contributed by atoms with van der Waals surface area (Å²) in [5.74, 6) is 0.819. The molecule has 0 heterocycles. The Morgan fingerprint density at radius 1 is 0.967 bits per heavy atom. The van der Waals surface area contributed by atoms with Gasteiger partial charge in [-0.3, -0.25) is 4.79 Å². The molecule has 0 saturated heterocycles. The van der Waals surface area contributed by atoms with E-state index in [0.717, 1.165) is 28.8 Å². The van der Waals surface area contributed by atoms with Gasteiger partial charge in [-0.15, -0.1) is 0 Å². The summed E-state index contributed by atoms with van der Waals surface area (Å²) in [6.07, 6.45) is 0.376. The molecule has 0 aliphatic rings. The number of hydrogen-bond donors (Lipinski definition) is 1. The quantitative estimate of drug-likeness (QED) is 0.519. The minimum atomic E-state index is -0.629. The molecule has 4 heteroatoms. The van der Waals surface area contributed by atoms with Gasteiger partial charge in [-0.25, -0.2) is 0 Å². The first-order valence-electron chi connectivity index (χ1n) is 10.2. The standard InChI is InChI=1S/C26H26N2O2/c1-4-18(2)24-7-5-6-8-25(24)28-26(29)19(3)30-23-15-13-22(14-16-23)21-11-9-20(17-27)10-12-21/h5-16,18-19H,4H2,1-3H3,(H,28,29)/t18-,19+/m0/s1. The number of nitrogens with one attached hydrogen (secondary N) is 1. The van der Waals surface area contributed by atoms with E-state index in [1.54, 1.807) is 19.1 Å². The molecule has 30 heavy (non-hydrogen) atoms. The molecular formula is C26H26N2O2. The third-order valence-electron chi connectivity index (χ3n) is 5.25. The van der Waals surface area contributed by atoms with Gasteiger partial charge in [0.1, 0.15) is 5.75 Å². The van der Waals surface area contributed by atoms with Crippen LogP contribution in [-0.4, -0.2) is 12.0 Å². The lowest BCUT2D eigenvalue weighted by atomic mass is 9.97. The van der Waals surface area contributed by atoms with Crippen molar-refractivity contribution in [1.82, 2.24) is 0 Å². The molecule has 3 rings (SSSR count). The van der Waals surface area contributed by atoms with Crippen LogP contribution in [0.4, 0.5) is 5.69 Å². The van der Waals surface area contributed by atoms with E-state index in [1.165, 1.54) is 0 Å². The Hall–Kier alpha value is -3.58. The first kappa shape index (κ1) is 21.1. The van der Waals surface area contributed by atoms with Crippen molar-refractivity contribution < 1.29 is 9.53 Å². The number of carbonyl (C=O) groups is 1. The minimum Gasteiger partial charge on any atom is -0.481 e. The maximum Gasteiger partial charge on any atom is 0.265 e. The Bertz CT molecular complexity index is 1030. The molecule has 0 aromatic heterocycles. The van der Waals surface area contributed by atoms with Gasteiger partial charge in [0.15, 0.2) is 6.10 Å². The van der Waals surface area contributed by atoms with Gasteiger partial charge < -0.3 is 10.1 Å². The summed E-state index contributed by atoms with van der Waals surface area (Å²) in [6.45, 7) is 6.03. The molecule has 0 radical (unpaired) electrons. The van der Waals surface area contributed by atoms with Crippen LogP contribution in [0.5, 0.6) is 5.75 Å². The molecule has 3 aromatic rings. The largest absolute Gasteiger partial charge is 0.481 e. The molecule has 0 fully saturated rings. The number of rotatable bonds is 7. The normalized spacial score (nSPS) is 12.5. The fourth-order valence-corrected chi connectivity index (χ4v) is 3.22. The predicted molar refractivity (Wildman–Crippen MR) is 120 cm³/mol. The van der Waals surface area contributed by atoms with Gasteiger partial charge in [-0.05, 0) is 66.3 Å². The zero-order valence-electron chi connectivity index (χ0n) is 17.6. The van der Waals surface area contributed by atoms with Crippen LogP contribution in [0.25, 0.3) is 11.1 Å². The molecule has 0 bridgehead atoms. The van der Waals surface area contributed by atoms with Crippen molar-refractivity contribution in [3.05, 3.63) is 83.9 Å². The van der Waals surface area contributed by atoms with E-state index in [0.29, 0.717) is 17.2 Å². The average Bonchev–Trinajstić information content (AvgIpc) is 2.79. The summed E-state index contributed by atoms with van der Waals surface area (Å²) < 4.78 is 5.85. The van der Waals surface area contributed by atoms with Crippen molar-refractivity contribution >= 4 is 11.6 Å². The second kappa shape index (κ2) is 9.76. The van der Waals surface area contributed by atoms with Gasteiger partial charge in [0.25, 0.3) is 5.91 Å². The van der Waals surface area contributed by atoms with Gasteiger partial charge in [-0.2, -0.15) is 5.26 Å². The smallest absolute Gasteiger partial charge is 0.265 e. The highest BCUT2D eigenvalue weighted by Gasteiger charge is 2.17. The average molecular weight is 399 g/mol. The summed E-state index contributed by atoms with van der Waals surface area (Å²) in [4.78, 5) is 12.7. The molecule has 1 amide bonds. The lowest BCUT2D eigenvalue weighted by Crippen LogP contribution is -2.30. The van der Waals surface area contributed by atoms with E-state index < -0.39 is 6.10 Å². The first-order chi connectivity index (χ1) is 14.5. The van der Waals surface area contributed by atoms with Gasteiger partial charge in [0.05, 0.1) is 11.6 Å². The van der Waals surface area contributed by atoms with E-state index in [-0.39, 0.29) is 5.91 Å². The maximum atomic E-state index is 12.7. The molecule has 0 spiro atoms.